The minimum absolute atomic E-state index is 0.498. The molecule has 0 bridgehead atoms. The zero-order valence-corrected chi connectivity index (χ0v) is 14.3. The molecular formula is C21H19N5. The van der Waals surface area contributed by atoms with Gasteiger partial charge in [-0.15, -0.1) is 0 Å². The van der Waals surface area contributed by atoms with Crippen LogP contribution in [0.5, 0.6) is 0 Å². The minimum Gasteiger partial charge on any atom is -0.363 e. The van der Waals surface area contributed by atoms with Gasteiger partial charge in [-0.3, -0.25) is 4.98 Å². The number of rotatable bonds is 5. The summed E-state index contributed by atoms with van der Waals surface area (Å²) in [5.41, 5.74) is 4.30. The van der Waals surface area contributed by atoms with Crippen LogP contribution >= 0.6 is 0 Å². The van der Waals surface area contributed by atoms with Gasteiger partial charge < -0.3 is 5.32 Å². The Kier molecular flexibility index (Phi) is 3.63. The summed E-state index contributed by atoms with van der Waals surface area (Å²) in [7, 11) is 0. The van der Waals surface area contributed by atoms with Crippen molar-refractivity contribution in [1.29, 1.82) is 0 Å². The molecule has 0 atom stereocenters. The monoisotopic (exact) mass is 341 g/mol. The molecule has 1 N–H and O–H groups in total. The highest BCUT2D eigenvalue weighted by Crippen LogP contribution is 2.39. The van der Waals surface area contributed by atoms with Gasteiger partial charge in [0, 0.05) is 23.9 Å². The zero-order chi connectivity index (χ0) is 17.3. The average Bonchev–Trinajstić information content (AvgIpc) is 3.47. The van der Waals surface area contributed by atoms with Gasteiger partial charge in [-0.05, 0) is 36.6 Å². The van der Waals surface area contributed by atoms with Crippen LogP contribution in [0.15, 0.2) is 67.0 Å². The predicted octanol–water partition coefficient (Wildman–Crippen LogP) is 4.28. The Morgan fingerprint density at radius 2 is 1.85 bits per heavy atom. The maximum absolute atomic E-state index is 4.87. The highest BCUT2D eigenvalue weighted by molar-refractivity contribution is 5.88. The summed E-state index contributed by atoms with van der Waals surface area (Å²) in [6.45, 7) is 0.636. The van der Waals surface area contributed by atoms with E-state index in [-0.39, 0.29) is 0 Å². The molecule has 5 heteroatoms. The van der Waals surface area contributed by atoms with Crippen molar-refractivity contribution in [1.82, 2.24) is 19.6 Å². The number of anilines is 1. The van der Waals surface area contributed by atoms with Crippen LogP contribution in [-0.2, 0) is 6.54 Å². The molecule has 128 valence electrons. The highest BCUT2D eigenvalue weighted by Gasteiger charge is 2.28. The molecule has 1 fully saturated rings. The first-order valence-corrected chi connectivity index (χ1v) is 8.97. The van der Waals surface area contributed by atoms with Gasteiger partial charge in [0.1, 0.15) is 5.52 Å². The number of fused-ring (bicyclic) bond motifs is 1. The number of nitrogens with one attached hydrogen (secondary N) is 1. The van der Waals surface area contributed by atoms with Crippen molar-refractivity contribution < 1.29 is 0 Å². The standard InChI is InChI=1S/C21H19N5/c1-2-6-15(7-3-1)18-11-13-26-19(18)21(24-20(25-26)16-9-10-16)23-14-17-8-4-5-12-22-17/h1-8,11-13,16H,9-10,14H2,(H,23,24,25). The number of nitrogens with zero attached hydrogens (tertiary/aromatic N) is 4. The fourth-order valence-electron chi connectivity index (χ4n) is 3.21. The molecule has 0 unspecified atom stereocenters. The molecule has 4 aromatic rings. The number of pyridine rings is 1. The van der Waals surface area contributed by atoms with Crippen molar-refractivity contribution >= 4 is 11.3 Å². The molecule has 0 amide bonds. The molecule has 0 spiro atoms. The second kappa shape index (κ2) is 6.26. The Bertz CT molecular complexity index is 1040. The topological polar surface area (TPSA) is 55.1 Å². The Morgan fingerprint density at radius 3 is 2.62 bits per heavy atom. The Balaban J connectivity index is 1.60. The van der Waals surface area contributed by atoms with E-state index in [9.17, 15) is 0 Å². The number of benzene rings is 1. The Hall–Kier alpha value is -3.21. The van der Waals surface area contributed by atoms with Crippen LogP contribution in [0.1, 0.15) is 30.3 Å². The molecule has 0 saturated heterocycles. The number of aromatic nitrogens is 4. The molecule has 0 radical (unpaired) electrons. The second-order valence-corrected chi connectivity index (χ2v) is 6.66. The van der Waals surface area contributed by atoms with Crippen molar-refractivity contribution in [3.05, 3.63) is 78.5 Å². The number of hydrogen-bond acceptors (Lipinski definition) is 4. The highest BCUT2D eigenvalue weighted by atomic mass is 15.3. The first-order valence-electron chi connectivity index (χ1n) is 8.97. The van der Waals surface area contributed by atoms with Gasteiger partial charge in [0.05, 0.1) is 12.2 Å². The SMILES string of the molecule is c1ccc(-c2ccn3nc(C4CC4)nc(NCc4ccccn4)c23)cc1. The van der Waals surface area contributed by atoms with Gasteiger partial charge >= 0.3 is 0 Å². The lowest BCUT2D eigenvalue weighted by Crippen LogP contribution is -2.09. The molecule has 1 aliphatic rings. The fourth-order valence-corrected chi connectivity index (χ4v) is 3.21. The van der Waals surface area contributed by atoms with E-state index in [0.29, 0.717) is 12.5 Å². The molecule has 3 aromatic heterocycles. The summed E-state index contributed by atoms with van der Waals surface area (Å²) in [6, 6.07) is 18.4. The third kappa shape index (κ3) is 2.81. The fraction of sp³-hybridized carbons (Fsp3) is 0.190. The van der Waals surface area contributed by atoms with Crippen molar-refractivity contribution in [2.24, 2.45) is 0 Å². The van der Waals surface area contributed by atoms with E-state index >= 15 is 0 Å². The summed E-state index contributed by atoms with van der Waals surface area (Å²) in [5.74, 6) is 2.30. The van der Waals surface area contributed by atoms with Crippen LogP contribution in [-0.4, -0.2) is 19.6 Å². The lowest BCUT2D eigenvalue weighted by molar-refractivity contribution is 0.804. The quantitative estimate of drug-likeness (QED) is 0.589. The first kappa shape index (κ1) is 15.1. The smallest absolute Gasteiger partial charge is 0.155 e. The van der Waals surface area contributed by atoms with E-state index in [1.165, 1.54) is 18.4 Å². The molecule has 5 rings (SSSR count). The van der Waals surface area contributed by atoms with Gasteiger partial charge in [-0.2, -0.15) is 5.10 Å². The van der Waals surface area contributed by atoms with E-state index in [2.05, 4.69) is 40.6 Å². The lowest BCUT2D eigenvalue weighted by atomic mass is 10.1. The number of hydrogen-bond donors (Lipinski definition) is 1. The van der Waals surface area contributed by atoms with Crippen molar-refractivity contribution in [3.8, 4) is 11.1 Å². The maximum atomic E-state index is 4.87. The third-order valence-electron chi connectivity index (χ3n) is 4.72. The van der Waals surface area contributed by atoms with Crippen LogP contribution < -0.4 is 5.32 Å². The molecule has 1 aromatic carbocycles. The zero-order valence-electron chi connectivity index (χ0n) is 14.3. The largest absolute Gasteiger partial charge is 0.363 e. The van der Waals surface area contributed by atoms with Gasteiger partial charge in [-0.1, -0.05) is 36.4 Å². The van der Waals surface area contributed by atoms with Gasteiger partial charge in [0.15, 0.2) is 11.6 Å². The summed E-state index contributed by atoms with van der Waals surface area (Å²) in [4.78, 5) is 9.26. The van der Waals surface area contributed by atoms with Crippen LogP contribution in [0.25, 0.3) is 16.6 Å². The van der Waals surface area contributed by atoms with Crippen LogP contribution in [0.4, 0.5) is 5.82 Å². The third-order valence-corrected chi connectivity index (χ3v) is 4.72. The second-order valence-electron chi connectivity index (χ2n) is 6.66. The average molecular weight is 341 g/mol. The van der Waals surface area contributed by atoms with Gasteiger partial charge in [0.25, 0.3) is 0 Å². The molecule has 26 heavy (non-hydrogen) atoms. The lowest BCUT2D eigenvalue weighted by Gasteiger charge is -2.11. The van der Waals surface area contributed by atoms with Gasteiger partial charge in [-0.25, -0.2) is 9.50 Å². The van der Waals surface area contributed by atoms with E-state index in [1.54, 1.807) is 0 Å². The minimum atomic E-state index is 0.498. The Morgan fingerprint density at radius 1 is 1.00 bits per heavy atom. The first-order chi connectivity index (χ1) is 12.9. The Labute approximate surface area is 151 Å². The van der Waals surface area contributed by atoms with E-state index in [0.717, 1.165) is 28.4 Å². The predicted molar refractivity (Wildman–Crippen MR) is 102 cm³/mol. The van der Waals surface area contributed by atoms with E-state index in [4.69, 9.17) is 10.1 Å². The normalized spacial score (nSPS) is 13.8. The summed E-state index contributed by atoms with van der Waals surface area (Å²) in [6.07, 6.45) is 6.20. The maximum Gasteiger partial charge on any atom is 0.155 e. The van der Waals surface area contributed by atoms with E-state index < -0.39 is 0 Å². The molecule has 3 heterocycles. The molecule has 5 nitrogen and oxygen atoms in total. The van der Waals surface area contributed by atoms with Crippen LogP contribution in [0.2, 0.25) is 0 Å². The molecule has 0 aliphatic heterocycles. The summed E-state index contributed by atoms with van der Waals surface area (Å²) < 4.78 is 1.96. The summed E-state index contributed by atoms with van der Waals surface area (Å²) in [5, 5.41) is 8.24. The van der Waals surface area contributed by atoms with E-state index in [1.807, 2.05) is 41.2 Å². The van der Waals surface area contributed by atoms with Crippen molar-refractivity contribution in [3.63, 3.8) is 0 Å². The van der Waals surface area contributed by atoms with Crippen molar-refractivity contribution in [2.75, 3.05) is 5.32 Å². The molecule has 1 saturated carbocycles. The summed E-state index contributed by atoms with van der Waals surface area (Å²) >= 11 is 0. The van der Waals surface area contributed by atoms with Crippen molar-refractivity contribution in [2.45, 2.75) is 25.3 Å². The van der Waals surface area contributed by atoms with Crippen LogP contribution in [0, 0.1) is 0 Å². The molecular weight excluding hydrogens is 322 g/mol. The van der Waals surface area contributed by atoms with Crippen LogP contribution in [0.3, 0.4) is 0 Å². The van der Waals surface area contributed by atoms with Gasteiger partial charge in [0.2, 0.25) is 0 Å². The molecule has 1 aliphatic carbocycles.